The van der Waals surface area contributed by atoms with Crippen molar-refractivity contribution in [3.63, 3.8) is 0 Å². The van der Waals surface area contributed by atoms with Crippen LogP contribution in [0.2, 0.25) is 0 Å². The number of hydrogen-bond acceptors (Lipinski definition) is 3. The van der Waals surface area contributed by atoms with Crippen molar-refractivity contribution in [2.75, 3.05) is 7.05 Å². The van der Waals surface area contributed by atoms with E-state index in [9.17, 15) is 0 Å². The van der Waals surface area contributed by atoms with Gasteiger partial charge < -0.3 is 0 Å². The minimum absolute atomic E-state index is 0.397. The number of hydrogen-bond donors (Lipinski definition) is 0. The van der Waals surface area contributed by atoms with Crippen molar-refractivity contribution in [2.24, 2.45) is 5.10 Å². The van der Waals surface area contributed by atoms with Gasteiger partial charge in [0.15, 0.2) is 0 Å². The summed E-state index contributed by atoms with van der Waals surface area (Å²) in [4.78, 5) is 0. The summed E-state index contributed by atoms with van der Waals surface area (Å²) >= 11 is 1.54. The third-order valence-corrected chi connectivity index (χ3v) is 2.72. The Morgan fingerprint density at radius 2 is 2.50 bits per heavy atom. The predicted octanol–water partition coefficient (Wildman–Crippen LogP) is 0.558. The van der Waals surface area contributed by atoms with E-state index in [4.69, 9.17) is 0 Å². The Kier molecular flexibility index (Phi) is 2.13. The van der Waals surface area contributed by atoms with Crippen molar-refractivity contribution in [3.05, 3.63) is 18.0 Å². The van der Waals surface area contributed by atoms with Crippen molar-refractivity contribution < 1.29 is 25.0 Å². The molecule has 12 heavy (non-hydrogen) atoms. The molecule has 0 spiro atoms. The quantitative estimate of drug-likeness (QED) is 0.734. The van der Waals surface area contributed by atoms with E-state index in [0.29, 0.717) is 6.04 Å². The van der Waals surface area contributed by atoms with Crippen LogP contribution in [-0.2, 0) is 0 Å². The van der Waals surface area contributed by atoms with E-state index in [-0.39, 0.29) is 0 Å². The van der Waals surface area contributed by atoms with Gasteiger partial charge in [0.05, 0.1) is 0 Å². The van der Waals surface area contributed by atoms with Crippen LogP contribution in [0.25, 0.3) is 0 Å². The molecule has 0 fully saturated rings. The van der Waals surface area contributed by atoms with Crippen molar-refractivity contribution in [1.29, 1.82) is 0 Å². The molecule has 1 aliphatic rings. The van der Waals surface area contributed by atoms with Crippen molar-refractivity contribution in [3.8, 4) is 0 Å². The molecular weight excluding hydrogens is 350 g/mol. The molecule has 1 aromatic heterocycles. The van der Waals surface area contributed by atoms with Gasteiger partial charge in [-0.05, 0) is 0 Å². The maximum absolute atomic E-state index is 4.18. The second-order valence-corrected chi connectivity index (χ2v) is 4.13. The van der Waals surface area contributed by atoms with Crippen LogP contribution in [0.4, 0.5) is 0 Å². The van der Waals surface area contributed by atoms with Gasteiger partial charge in [-0.2, -0.15) is 0 Å². The topological polar surface area (TPSA) is 33.4 Å². The molecule has 0 N–H and O–H groups in total. The van der Waals surface area contributed by atoms with Crippen molar-refractivity contribution in [1.82, 2.24) is 12.7 Å². The molecule has 1 unspecified atom stereocenters. The molecule has 0 aliphatic carbocycles. The SMILES string of the molecule is CN1N=CCC1c1cnn([At])c1. The summed E-state index contributed by atoms with van der Waals surface area (Å²) in [5.74, 6) is 0. The fraction of sp³-hybridized carbons (Fsp3) is 0.429. The Morgan fingerprint density at radius 1 is 1.67 bits per heavy atom. The molecule has 1 aromatic rings. The predicted molar refractivity (Wildman–Crippen MR) is 41.2 cm³/mol. The first-order valence-electron chi connectivity index (χ1n) is 3.73. The van der Waals surface area contributed by atoms with Gasteiger partial charge in [-0.1, -0.05) is 0 Å². The van der Waals surface area contributed by atoms with Crippen LogP contribution in [-0.4, -0.2) is 26.0 Å². The van der Waals surface area contributed by atoms with Crippen LogP contribution in [0.3, 0.4) is 0 Å². The molecule has 4 nitrogen and oxygen atoms in total. The van der Waals surface area contributed by atoms with Gasteiger partial charge in [-0.25, -0.2) is 0 Å². The number of aromatic nitrogens is 2. The summed E-state index contributed by atoms with van der Waals surface area (Å²) in [6, 6.07) is 0.397. The number of nitrogens with zero attached hydrogens (tertiary/aromatic N) is 4. The summed E-state index contributed by atoms with van der Waals surface area (Å²) in [5, 5.41) is 10.3. The van der Waals surface area contributed by atoms with E-state index in [1.165, 1.54) is 5.56 Å². The van der Waals surface area contributed by atoms with Crippen LogP contribution in [0.5, 0.6) is 0 Å². The minimum atomic E-state index is 0.397. The first-order chi connectivity index (χ1) is 5.77. The first-order valence-corrected chi connectivity index (χ1v) is 5.05. The van der Waals surface area contributed by atoms with E-state index < -0.39 is 0 Å². The van der Waals surface area contributed by atoms with Gasteiger partial charge in [-0.3, -0.25) is 0 Å². The maximum atomic E-state index is 4.18. The zero-order chi connectivity index (χ0) is 8.55. The van der Waals surface area contributed by atoms with Crippen LogP contribution in [0, 0.1) is 25.0 Å². The second-order valence-electron chi connectivity index (χ2n) is 2.79. The molecule has 0 amide bonds. The molecule has 0 saturated carbocycles. The van der Waals surface area contributed by atoms with Gasteiger partial charge in [0.1, 0.15) is 0 Å². The average molecular weight is 359 g/mol. The van der Waals surface area contributed by atoms with Gasteiger partial charge in [0.25, 0.3) is 0 Å². The third-order valence-electron chi connectivity index (χ3n) is 2.00. The molecule has 0 saturated heterocycles. The fourth-order valence-electron chi connectivity index (χ4n) is 1.34. The molecule has 2 heterocycles. The molecular formula is C7H9AtN4. The first kappa shape index (κ1) is 8.17. The Balaban J connectivity index is 2.21. The Bertz CT molecular complexity index is 306. The zero-order valence-electron chi connectivity index (χ0n) is 6.68. The van der Waals surface area contributed by atoms with Crippen LogP contribution >= 0.6 is 0 Å². The van der Waals surface area contributed by atoms with Gasteiger partial charge in [-0.15, -0.1) is 0 Å². The van der Waals surface area contributed by atoms with E-state index in [1.54, 1.807) is 25.0 Å². The van der Waals surface area contributed by atoms with E-state index in [0.717, 1.165) is 6.42 Å². The van der Waals surface area contributed by atoms with Crippen molar-refractivity contribution in [2.45, 2.75) is 12.5 Å². The van der Waals surface area contributed by atoms with E-state index >= 15 is 0 Å². The van der Waals surface area contributed by atoms with E-state index in [1.807, 2.05) is 27.1 Å². The summed E-state index contributed by atoms with van der Waals surface area (Å²) in [7, 11) is 1.99. The van der Waals surface area contributed by atoms with Crippen LogP contribution < -0.4 is 0 Å². The molecule has 1 atom stereocenters. The zero-order valence-corrected chi connectivity index (χ0v) is 9.62. The molecule has 0 aromatic carbocycles. The van der Waals surface area contributed by atoms with E-state index in [2.05, 4.69) is 16.4 Å². The molecule has 0 radical (unpaired) electrons. The monoisotopic (exact) mass is 359 g/mol. The Hall–Kier alpha value is -0.437. The Labute approximate surface area is 86.5 Å². The van der Waals surface area contributed by atoms with Gasteiger partial charge >= 0.3 is 86.5 Å². The Morgan fingerprint density at radius 3 is 3.00 bits per heavy atom. The normalized spacial score (nSPS) is 22.2. The third kappa shape index (κ3) is 1.38. The molecule has 5 heteroatoms. The van der Waals surface area contributed by atoms with Crippen molar-refractivity contribution >= 4 is 6.21 Å². The molecule has 0 bridgehead atoms. The summed E-state index contributed by atoms with van der Waals surface area (Å²) in [6.07, 6.45) is 6.92. The number of rotatable bonds is 1. The fourth-order valence-corrected chi connectivity index (χ4v) is 1.95. The standard InChI is InChI=1S/C7H9AtN4/c1-11-7(2-3-9-11)6-4-10-12(8)5-6/h3-5,7H,2H2,1H3. The van der Waals surface area contributed by atoms with Crippen LogP contribution in [0.1, 0.15) is 18.0 Å². The van der Waals surface area contributed by atoms with Crippen LogP contribution in [0.15, 0.2) is 17.5 Å². The van der Waals surface area contributed by atoms with Gasteiger partial charge in [0, 0.05) is 0 Å². The molecule has 2 rings (SSSR count). The second kappa shape index (κ2) is 3.13. The van der Waals surface area contributed by atoms with Gasteiger partial charge in [0.2, 0.25) is 0 Å². The number of hydrazone groups is 1. The summed E-state index contributed by atoms with van der Waals surface area (Å²) < 4.78 is 1.88. The molecule has 64 valence electrons. The summed E-state index contributed by atoms with van der Waals surface area (Å²) in [6.45, 7) is 0. The average Bonchev–Trinajstić information content (AvgIpc) is 2.58. The molecule has 1 aliphatic heterocycles. The summed E-state index contributed by atoms with van der Waals surface area (Å²) in [5.41, 5.74) is 1.25.